The first-order chi connectivity index (χ1) is 6.24. The molecule has 1 rings (SSSR count). The zero-order chi connectivity index (χ0) is 9.68. The monoisotopic (exact) mass is 180 g/mol. The fourth-order valence-electron chi connectivity index (χ4n) is 0.777. The van der Waals surface area contributed by atoms with Crippen molar-refractivity contribution in [1.29, 1.82) is 0 Å². The number of carbonyl (C=O) groups excluding carboxylic acids is 1. The Bertz CT molecular complexity index is 274. The third kappa shape index (κ3) is 2.85. The van der Waals surface area contributed by atoms with Crippen LogP contribution in [0.25, 0.3) is 0 Å². The summed E-state index contributed by atoms with van der Waals surface area (Å²) < 4.78 is 4.92. The zero-order valence-electron chi connectivity index (χ0n) is 7.14. The van der Waals surface area contributed by atoms with Gasteiger partial charge in [0.05, 0.1) is 0 Å². The van der Waals surface area contributed by atoms with E-state index in [1.807, 2.05) is 6.07 Å². The maximum absolute atomic E-state index is 11.1. The van der Waals surface area contributed by atoms with Crippen LogP contribution in [0.4, 0.5) is 0 Å². The van der Waals surface area contributed by atoms with Crippen LogP contribution >= 0.6 is 0 Å². The topological polar surface area (TPSA) is 78.3 Å². The fraction of sp³-hybridized carbons (Fsp3) is 0.222. The number of para-hydroxylation sites is 1. The van der Waals surface area contributed by atoms with Gasteiger partial charge in [-0.3, -0.25) is 0 Å². The van der Waals surface area contributed by atoms with Gasteiger partial charge < -0.3 is 16.2 Å². The van der Waals surface area contributed by atoms with Gasteiger partial charge in [0.2, 0.25) is 0 Å². The first-order valence-electron chi connectivity index (χ1n) is 3.96. The van der Waals surface area contributed by atoms with Crippen molar-refractivity contribution in [2.75, 3.05) is 6.54 Å². The lowest BCUT2D eigenvalue weighted by Gasteiger charge is -2.07. The number of esters is 1. The molecular formula is C9H12N2O2. The Morgan fingerprint density at radius 1 is 1.38 bits per heavy atom. The van der Waals surface area contributed by atoms with Gasteiger partial charge >= 0.3 is 5.97 Å². The van der Waals surface area contributed by atoms with E-state index in [0.29, 0.717) is 5.75 Å². The van der Waals surface area contributed by atoms with Crippen molar-refractivity contribution in [3.8, 4) is 5.75 Å². The molecule has 0 aromatic heterocycles. The molecule has 0 heterocycles. The van der Waals surface area contributed by atoms with Crippen LogP contribution in [0.2, 0.25) is 0 Å². The van der Waals surface area contributed by atoms with E-state index >= 15 is 0 Å². The number of carbonyl (C=O) groups is 1. The van der Waals surface area contributed by atoms with Gasteiger partial charge in [-0.15, -0.1) is 0 Å². The van der Waals surface area contributed by atoms with Crippen LogP contribution in [0.1, 0.15) is 0 Å². The van der Waals surface area contributed by atoms with Crippen LogP contribution in [-0.2, 0) is 4.79 Å². The Morgan fingerprint density at radius 2 is 2.00 bits per heavy atom. The lowest BCUT2D eigenvalue weighted by Crippen LogP contribution is -2.40. The maximum atomic E-state index is 11.1. The number of rotatable bonds is 3. The second-order valence-electron chi connectivity index (χ2n) is 2.58. The summed E-state index contributed by atoms with van der Waals surface area (Å²) >= 11 is 0. The average Bonchev–Trinajstić information content (AvgIpc) is 2.18. The fourth-order valence-corrected chi connectivity index (χ4v) is 0.777. The van der Waals surface area contributed by atoms with Crippen molar-refractivity contribution < 1.29 is 9.53 Å². The molecule has 0 aliphatic carbocycles. The van der Waals surface area contributed by atoms with Gasteiger partial charge in [0.15, 0.2) is 0 Å². The molecule has 1 atom stereocenters. The van der Waals surface area contributed by atoms with Gasteiger partial charge in [-0.05, 0) is 12.1 Å². The summed E-state index contributed by atoms with van der Waals surface area (Å²) in [6.45, 7) is 0.0890. The van der Waals surface area contributed by atoms with Crippen molar-refractivity contribution in [2.45, 2.75) is 6.04 Å². The van der Waals surface area contributed by atoms with Gasteiger partial charge in [-0.25, -0.2) is 4.79 Å². The minimum Gasteiger partial charge on any atom is -0.425 e. The molecule has 13 heavy (non-hydrogen) atoms. The quantitative estimate of drug-likeness (QED) is 0.502. The van der Waals surface area contributed by atoms with Crippen LogP contribution in [-0.4, -0.2) is 18.6 Å². The number of hydrogen-bond acceptors (Lipinski definition) is 4. The normalized spacial score (nSPS) is 12.2. The summed E-state index contributed by atoms with van der Waals surface area (Å²) in [4.78, 5) is 11.1. The first kappa shape index (κ1) is 9.70. The molecule has 1 aromatic rings. The SMILES string of the molecule is NC[C@H](N)C(=O)Oc1ccccc1. The maximum Gasteiger partial charge on any atom is 0.329 e. The van der Waals surface area contributed by atoms with Crippen LogP contribution in [0, 0.1) is 0 Å². The Kier molecular flexibility index (Phi) is 3.42. The minimum atomic E-state index is -0.750. The highest BCUT2D eigenvalue weighted by atomic mass is 16.5. The standard InChI is InChI=1S/C9H12N2O2/c10-6-8(11)9(12)13-7-4-2-1-3-5-7/h1-5,8H,6,10-11H2/t8-/m0/s1. The molecule has 0 fully saturated rings. The van der Waals surface area contributed by atoms with E-state index in [-0.39, 0.29) is 6.54 Å². The van der Waals surface area contributed by atoms with E-state index in [9.17, 15) is 4.79 Å². The van der Waals surface area contributed by atoms with Crippen molar-refractivity contribution in [3.05, 3.63) is 30.3 Å². The van der Waals surface area contributed by atoms with Crippen molar-refractivity contribution in [3.63, 3.8) is 0 Å². The average molecular weight is 180 g/mol. The second kappa shape index (κ2) is 4.59. The predicted octanol–water partition coefficient (Wildman–Crippen LogP) is -0.122. The Labute approximate surface area is 76.5 Å². The van der Waals surface area contributed by atoms with E-state index in [1.165, 1.54) is 0 Å². The number of benzene rings is 1. The Balaban J connectivity index is 2.55. The molecule has 70 valence electrons. The lowest BCUT2D eigenvalue weighted by molar-refractivity contribution is -0.135. The first-order valence-corrected chi connectivity index (χ1v) is 3.96. The van der Waals surface area contributed by atoms with Crippen LogP contribution in [0.3, 0.4) is 0 Å². The van der Waals surface area contributed by atoms with Crippen molar-refractivity contribution >= 4 is 5.97 Å². The predicted molar refractivity (Wildman–Crippen MR) is 49.1 cm³/mol. The summed E-state index contributed by atoms with van der Waals surface area (Å²) in [5.74, 6) is -0.0231. The highest BCUT2D eigenvalue weighted by Gasteiger charge is 2.13. The summed E-state index contributed by atoms with van der Waals surface area (Å²) in [5.41, 5.74) is 10.6. The summed E-state index contributed by atoms with van der Waals surface area (Å²) in [7, 11) is 0. The van der Waals surface area contributed by atoms with Crippen molar-refractivity contribution in [1.82, 2.24) is 0 Å². The number of nitrogens with two attached hydrogens (primary N) is 2. The van der Waals surface area contributed by atoms with E-state index in [2.05, 4.69) is 0 Å². The van der Waals surface area contributed by atoms with E-state index in [0.717, 1.165) is 0 Å². The van der Waals surface area contributed by atoms with Crippen LogP contribution < -0.4 is 16.2 Å². The molecule has 0 saturated carbocycles. The van der Waals surface area contributed by atoms with Gasteiger partial charge in [0.1, 0.15) is 11.8 Å². The molecule has 0 bridgehead atoms. The van der Waals surface area contributed by atoms with Gasteiger partial charge in [-0.2, -0.15) is 0 Å². The largest absolute Gasteiger partial charge is 0.425 e. The molecule has 1 aromatic carbocycles. The summed E-state index contributed by atoms with van der Waals surface area (Å²) in [5, 5.41) is 0. The minimum absolute atomic E-state index is 0.0890. The molecule has 0 amide bonds. The lowest BCUT2D eigenvalue weighted by atomic mass is 10.3. The highest BCUT2D eigenvalue weighted by Crippen LogP contribution is 2.08. The Morgan fingerprint density at radius 3 is 2.54 bits per heavy atom. The molecule has 0 aliphatic heterocycles. The third-order valence-electron chi connectivity index (χ3n) is 1.52. The second-order valence-corrected chi connectivity index (χ2v) is 2.58. The summed E-state index contributed by atoms with van der Waals surface area (Å²) in [6, 6.07) is 8.00. The molecule has 0 aliphatic rings. The summed E-state index contributed by atoms with van der Waals surface area (Å²) in [6.07, 6.45) is 0. The van der Waals surface area contributed by atoms with Gasteiger partial charge in [0, 0.05) is 6.54 Å². The molecule has 0 spiro atoms. The molecule has 4 N–H and O–H groups in total. The highest BCUT2D eigenvalue weighted by molar-refractivity contribution is 5.78. The van der Waals surface area contributed by atoms with Gasteiger partial charge in [0.25, 0.3) is 0 Å². The van der Waals surface area contributed by atoms with Gasteiger partial charge in [-0.1, -0.05) is 18.2 Å². The number of hydrogen-bond donors (Lipinski definition) is 2. The Hall–Kier alpha value is -1.39. The number of ether oxygens (including phenoxy) is 1. The van der Waals surface area contributed by atoms with Crippen LogP contribution in [0.5, 0.6) is 5.75 Å². The van der Waals surface area contributed by atoms with E-state index in [4.69, 9.17) is 16.2 Å². The molecule has 0 radical (unpaired) electrons. The zero-order valence-corrected chi connectivity index (χ0v) is 7.14. The van der Waals surface area contributed by atoms with Crippen molar-refractivity contribution in [2.24, 2.45) is 11.5 Å². The molecule has 4 nitrogen and oxygen atoms in total. The molecule has 0 unspecified atom stereocenters. The smallest absolute Gasteiger partial charge is 0.329 e. The third-order valence-corrected chi connectivity index (χ3v) is 1.52. The molecule has 4 heteroatoms. The van der Waals surface area contributed by atoms with E-state index in [1.54, 1.807) is 24.3 Å². The van der Waals surface area contributed by atoms with Crippen LogP contribution in [0.15, 0.2) is 30.3 Å². The van der Waals surface area contributed by atoms with E-state index < -0.39 is 12.0 Å². The molecular weight excluding hydrogens is 168 g/mol. The molecule has 0 saturated heterocycles.